The number of amides is 1. The van der Waals surface area contributed by atoms with Crippen molar-refractivity contribution in [3.05, 3.63) is 82.4 Å². The number of fused-ring (bicyclic) bond motifs is 1. The van der Waals surface area contributed by atoms with Gasteiger partial charge in [0.1, 0.15) is 5.52 Å². The molecule has 0 spiro atoms. The van der Waals surface area contributed by atoms with Crippen LogP contribution in [0.1, 0.15) is 5.56 Å². The number of non-ortho nitro benzene ring substituents is 1. The number of carbonyl (C=O) groups is 1. The summed E-state index contributed by atoms with van der Waals surface area (Å²) in [6, 6.07) is 16.5. The molecule has 4 rings (SSSR count). The lowest BCUT2D eigenvalue weighted by Crippen LogP contribution is -2.08. The maximum Gasteiger partial charge on any atom is 0.273 e. The quantitative estimate of drug-likeness (QED) is 0.240. The second-order valence-electron chi connectivity index (χ2n) is 6.91. The van der Waals surface area contributed by atoms with Crippen LogP contribution in [-0.2, 0) is 4.79 Å². The predicted octanol–water partition coefficient (Wildman–Crippen LogP) is 5.07. The van der Waals surface area contributed by atoms with Crippen molar-refractivity contribution < 1.29 is 23.6 Å². The Bertz CT molecular complexity index is 1380. The van der Waals surface area contributed by atoms with Gasteiger partial charge in [0.05, 0.1) is 36.5 Å². The van der Waals surface area contributed by atoms with Gasteiger partial charge in [0.25, 0.3) is 5.69 Å². The highest BCUT2D eigenvalue weighted by Crippen LogP contribution is 2.32. The Hall–Kier alpha value is -4.66. The fraction of sp³-hybridized carbons (Fsp3) is 0.0833. The number of methoxy groups -OCH3 is 2. The van der Waals surface area contributed by atoms with E-state index >= 15 is 0 Å². The average Bonchev–Trinajstić information content (AvgIpc) is 3.26. The van der Waals surface area contributed by atoms with Gasteiger partial charge in [-0.3, -0.25) is 14.9 Å². The molecule has 0 aliphatic heterocycles. The van der Waals surface area contributed by atoms with E-state index < -0.39 is 4.92 Å². The number of para-hydroxylation sites is 1. The van der Waals surface area contributed by atoms with Crippen molar-refractivity contribution in [1.82, 2.24) is 4.98 Å². The number of nitro benzene ring substituents is 1. The molecule has 1 amide bonds. The highest BCUT2D eigenvalue weighted by Gasteiger charge is 2.16. The molecule has 0 bridgehead atoms. The third-order valence-electron chi connectivity index (χ3n) is 4.83. The SMILES string of the molecule is COc1ccc(C=CC(=O)Nc2ccccc2-c2nc3ccc([N+](=O)[O-])cc3o2)cc1OC. The van der Waals surface area contributed by atoms with Crippen LogP contribution in [-0.4, -0.2) is 30.0 Å². The number of rotatable bonds is 7. The Balaban J connectivity index is 1.57. The summed E-state index contributed by atoms with van der Waals surface area (Å²) in [6.07, 6.45) is 3.05. The van der Waals surface area contributed by atoms with Crippen LogP contribution in [0.5, 0.6) is 11.5 Å². The Morgan fingerprint density at radius 1 is 1.06 bits per heavy atom. The molecule has 0 saturated heterocycles. The largest absolute Gasteiger partial charge is 0.493 e. The van der Waals surface area contributed by atoms with E-state index in [9.17, 15) is 14.9 Å². The van der Waals surface area contributed by atoms with Crippen molar-refractivity contribution in [3.63, 3.8) is 0 Å². The summed E-state index contributed by atoms with van der Waals surface area (Å²) >= 11 is 0. The number of nitro groups is 1. The molecule has 4 aromatic rings. The maximum atomic E-state index is 12.6. The number of anilines is 1. The molecular weight excluding hydrogens is 426 g/mol. The van der Waals surface area contributed by atoms with Crippen molar-refractivity contribution in [1.29, 1.82) is 0 Å². The van der Waals surface area contributed by atoms with Crippen LogP contribution < -0.4 is 14.8 Å². The molecule has 9 heteroatoms. The monoisotopic (exact) mass is 445 g/mol. The van der Waals surface area contributed by atoms with Crippen LogP contribution in [0.15, 0.2) is 71.2 Å². The predicted molar refractivity (Wildman–Crippen MR) is 123 cm³/mol. The first kappa shape index (κ1) is 21.6. The van der Waals surface area contributed by atoms with Gasteiger partial charge in [0.15, 0.2) is 17.1 Å². The first-order valence-electron chi connectivity index (χ1n) is 9.84. The minimum atomic E-state index is -0.499. The van der Waals surface area contributed by atoms with Crippen molar-refractivity contribution in [2.75, 3.05) is 19.5 Å². The summed E-state index contributed by atoms with van der Waals surface area (Å²) in [5.41, 5.74) is 2.47. The molecule has 1 heterocycles. The molecule has 166 valence electrons. The summed E-state index contributed by atoms with van der Waals surface area (Å²) in [5.74, 6) is 1.03. The normalized spacial score (nSPS) is 11.0. The van der Waals surface area contributed by atoms with E-state index in [1.54, 1.807) is 62.8 Å². The number of hydrogen-bond acceptors (Lipinski definition) is 7. The fourth-order valence-corrected chi connectivity index (χ4v) is 3.22. The van der Waals surface area contributed by atoms with E-state index in [0.29, 0.717) is 28.3 Å². The van der Waals surface area contributed by atoms with Gasteiger partial charge in [-0.05, 0) is 42.0 Å². The third-order valence-corrected chi connectivity index (χ3v) is 4.83. The molecule has 3 aromatic carbocycles. The van der Waals surface area contributed by atoms with Crippen LogP contribution in [0, 0.1) is 10.1 Å². The average molecular weight is 445 g/mol. The van der Waals surface area contributed by atoms with E-state index in [1.807, 2.05) is 0 Å². The molecule has 9 nitrogen and oxygen atoms in total. The molecule has 0 radical (unpaired) electrons. The number of aromatic nitrogens is 1. The van der Waals surface area contributed by atoms with E-state index in [1.165, 1.54) is 24.3 Å². The zero-order valence-electron chi connectivity index (χ0n) is 17.8. The van der Waals surface area contributed by atoms with Crippen molar-refractivity contribution >= 4 is 34.5 Å². The first-order chi connectivity index (χ1) is 16.0. The van der Waals surface area contributed by atoms with E-state index in [-0.39, 0.29) is 23.1 Å². The van der Waals surface area contributed by atoms with Crippen LogP contribution in [0.2, 0.25) is 0 Å². The Morgan fingerprint density at radius 3 is 2.61 bits per heavy atom. The molecule has 0 saturated carbocycles. The number of hydrogen-bond donors (Lipinski definition) is 1. The highest BCUT2D eigenvalue weighted by atomic mass is 16.6. The second-order valence-corrected chi connectivity index (χ2v) is 6.91. The molecule has 0 aliphatic carbocycles. The summed E-state index contributed by atoms with van der Waals surface area (Å²) < 4.78 is 16.2. The summed E-state index contributed by atoms with van der Waals surface area (Å²) in [5, 5.41) is 13.8. The topological polar surface area (TPSA) is 117 Å². The Kier molecular flexibility index (Phi) is 6.03. The van der Waals surface area contributed by atoms with Gasteiger partial charge in [-0.25, -0.2) is 4.98 Å². The van der Waals surface area contributed by atoms with Gasteiger partial charge in [0, 0.05) is 12.1 Å². The van der Waals surface area contributed by atoms with Gasteiger partial charge in [0.2, 0.25) is 11.8 Å². The Labute approximate surface area is 188 Å². The number of ether oxygens (including phenoxy) is 2. The molecule has 0 atom stereocenters. The van der Waals surface area contributed by atoms with Crippen molar-refractivity contribution in [3.8, 4) is 23.0 Å². The fourth-order valence-electron chi connectivity index (χ4n) is 3.22. The number of benzene rings is 3. The van der Waals surface area contributed by atoms with E-state index in [2.05, 4.69) is 10.3 Å². The van der Waals surface area contributed by atoms with Crippen molar-refractivity contribution in [2.45, 2.75) is 0 Å². The smallest absolute Gasteiger partial charge is 0.273 e. The van der Waals surface area contributed by atoms with Gasteiger partial charge in [-0.2, -0.15) is 0 Å². The lowest BCUT2D eigenvalue weighted by molar-refractivity contribution is -0.384. The lowest BCUT2D eigenvalue weighted by atomic mass is 10.1. The molecule has 1 N–H and O–H groups in total. The lowest BCUT2D eigenvalue weighted by Gasteiger charge is -2.08. The number of carbonyl (C=O) groups excluding carboxylic acids is 1. The molecule has 33 heavy (non-hydrogen) atoms. The summed E-state index contributed by atoms with van der Waals surface area (Å²) in [7, 11) is 3.09. The number of nitrogens with zero attached hydrogens (tertiary/aromatic N) is 2. The van der Waals surface area contributed by atoms with Crippen LogP contribution in [0.4, 0.5) is 11.4 Å². The minimum absolute atomic E-state index is 0.0907. The highest BCUT2D eigenvalue weighted by molar-refractivity contribution is 6.04. The summed E-state index contributed by atoms with van der Waals surface area (Å²) in [4.78, 5) is 27.5. The van der Waals surface area contributed by atoms with Gasteiger partial charge in [-0.1, -0.05) is 18.2 Å². The Morgan fingerprint density at radius 2 is 1.85 bits per heavy atom. The number of nitrogens with one attached hydrogen (secondary N) is 1. The molecule has 0 unspecified atom stereocenters. The van der Waals surface area contributed by atoms with Gasteiger partial charge >= 0.3 is 0 Å². The van der Waals surface area contributed by atoms with Gasteiger partial charge < -0.3 is 19.2 Å². The van der Waals surface area contributed by atoms with E-state index in [0.717, 1.165) is 5.56 Å². The molecule has 0 fully saturated rings. The third kappa shape index (κ3) is 4.67. The second kappa shape index (κ2) is 9.23. The zero-order valence-corrected chi connectivity index (χ0v) is 17.8. The van der Waals surface area contributed by atoms with Crippen LogP contribution in [0.3, 0.4) is 0 Å². The zero-order chi connectivity index (χ0) is 23.4. The standard InChI is InChI=1S/C24H19N3O6/c1-31-20-11-7-15(13-22(20)32-2)8-12-23(28)25-18-6-4-3-5-17(18)24-26-19-10-9-16(27(29)30)14-21(19)33-24/h3-14H,1-2H3,(H,25,28). The van der Waals surface area contributed by atoms with Gasteiger partial charge in [-0.15, -0.1) is 0 Å². The molecule has 1 aromatic heterocycles. The van der Waals surface area contributed by atoms with E-state index in [4.69, 9.17) is 13.9 Å². The number of oxazole rings is 1. The molecule has 0 aliphatic rings. The first-order valence-corrected chi connectivity index (χ1v) is 9.84. The van der Waals surface area contributed by atoms with Crippen LogP contribution in [0.25, 0.3) is 28.6 Å². The minimum Gasteiger partial charge on any atom is -0.493 e. The van der Waals surface area contributed by atoms with Crippen LogP contribution >= 0.6 is 0 Å². The van der Waals surface area contributed by atoms with Crippen molar-refractivity contribution in [2.24, 2.45) is 0 Å². The molecular formula is C24H19N3O6. The summed E-state index contributed by atoms with van der Waals surface area (Å²) in [6.45, 7) is 0. The maximum absolute atomic E-state index is 12.6.